The summed E-state index contributed by atoms with van der Waals surface area (Å²) in [6.45, 7) is 2.13. The molecule has 0 radical (unpaired) electrons. The summed E-state index contributed by atoms with van der Waals surface area (Å²) in [7, 11) is 0. The largest absolute Gasteiger partial charge is 0.292 e. The van der Waals surface area contributed by atoms with E-state index in [1.807, 2.05) is 127 Å². The van der Waals surface area contributed by atoms with Crippen LogP contribution in [0, 0.1) is 6.92 Å². The Morgan fingerprint density at radius 3 is 1.12 bits per heavy atom. The molecule has 0 fully saturated rings. The third-order valence-electron chi connectivity index (χ3n) is 11.3. The van der Waals surface area contributed by atoms with Gasteiger partial charge >= 0.3 is 0 Å². The van der Waals surface area contributed by atoms with Crippen LogP contribution < -0.4 is 0 Å². The number of imidazole rings is 1. The molecule has 0 aliphatic heterocycles. The van der Waals surface area contributed by atoms with Crippen molar-refractivity contribution in [1.82, 2.24) is 39.5 Å². The lowest BCUT2D eigenvalue weighted by atomic mass is 9.98. The lowest BCUT2D eigenvalue weighted by Crippen LogP contribution is -2.02. The molecule has 0 aliphatic carbocycles. The molecule has 0 saturated carbocycles. The molecular formula is C56H38N8. The van der Waals surface area contributed by atoms with Gasteiger partial charge in [-0.05, 0) is 66.1 Å². The monoisotopic (exact) mass is 822 g/mol. The Bertz CT molecular complexity index is 3170. The zero-order valence-corrected chi connectivity index (χ0v) is 34.8. The molecule has 0 amide bonds. The van der Waals surface area contributed by atoms with Crippen molar-refractivity contribution < 1.29 is 0 Å². The number of rotatable bonds is 9. The minimum absolute atomic E-state index is 0.529. The van der Waals surface area contributed by atoms with Crippen molar-refractivity contribution in [2.45, 2.75) is 6.92 Å². The fourth-order valence-corrected chi connectivity index (χ4v) is 8.02. The lowest BCUT2D eigenvalue weighted by Gasteiger charge is -2.14. The van der Waals surface area contributed by atoms with E-state index in [0.717, 1.165) is 78.2 Å². The predicted molar refractivity (Wildman–Crippen MR) is 256 cm³/mol. The van der Waals surface area contributed by atoms with Crippen LogP contribution in [0.4, 0.5) is 0 Å². The number of hydrogen-bond donors (Lipinski definition) is 0. The van der Waals surface area contributed by atoms with E-state index >= 15 is 0 Å². The van der Waals surface area contributed by atoms with Crippen LogP contribution in [0.2, 0.25) is 0 Å². The molecule has 3 heterocycles. The number of para-hydroxylation sites is 2. The van der Waals surface area contributed by atoms with Gasteiger partial charge in [0.2, 0.25) is 0 Å². The first-order valence-corrected chi connectivity index (χ1v) is 21.2. The molecule has 11 rings (SSSR count). The highest BCUT2D eigenvalue weighted by molar-refractivity contribution is 5.85. The van der Waals surface area contributed by atoms with Gasteiger partial charge in [-0.2, -0.15) is 0 Å². The number of aryl methyl sites for hydroxylation is 1. The first-order chi connectivity index (χ1) is 31.6. The highest BCUT2D eigenvalue weighted by Crippen LogP contribution is 2.36. The van der Waals surface area contributed by atoms with Gasteiger partial charge in [0.25, 0.3) is 0 Å². The van der Waals surface area contributed by atoms with Crippen LogP contribution in [-0.4, -0.2) is 39.5 Å². The van der Waals surface area contributed by atoms with E-state index in [0.29, 0.717) is 34.9 Å². The molecule has 3 aromatic heterocycles. The van der Waals surface area contributed by atoms with Crippen molar-refractivity contribution in [3.05, 3.63) is 218 Å². The normalized spacial score (nSPS) is 11.2. The van der Waals surface area contributed by atoms with E-state index in [-0.39, 0.29) is 0 Å². The number of aromatic nitrogens is 8. The van der Waals surface area contributed by atoms with Gasteiger partial charge in [-0.25, -0.2) is 34.9 Å². The fraction of sp³-hybridized carbons (Fsp3) is 0.0179. The molecule has 8 aromatic carbocycles. The van der Waals surface area contributed by atoms with Gasteiger partial charge in [-0.3, -0.25) is 4.57 Å². The van der Waals surface area contributed by atoms with Crippen LogP contribution in [0.1, 0.15) is 5.56 Å². The van der Waals surface area contributed by atoms with E-state index in [1.165, 1.54) is 0 Å². The summed E-state index contributed by atoms with van der Waals surface area (Å²) in [6, 6.07) is 71.7. The van der Waals surface area contributed by atoms with Crippen LogP contribution in [0.5, 0.6) is 0 Å². The maximum atomic E-state index is 5.14. The van der Waals surface area contributed by atoms with E-state index in [9.17, 15) is 0 Å². The molecule has 0 N–H and O–H groups in total. The molecule has 0 saturated heterocycles. The first kappa shape index (κ1) is 38.2. The van der Waals surface area contributed by atoms with Crippen molar-refractivity contribution in [1.29, 1.82) is 0 Å². The van der Waals surface area contributed by atoms with Crippen molar-refractivity contribution >= 4 is 11.0 Å². The van der Waals surface area contributed by atoms with E-state index in [1.54, 1.807) is 0 Å². The number of hydrogen-bond acceptors (Lipinski definition) is 7. The number of benzene rings is 8. The SMILES string of the molecule is Cc1ccccc1-c1nc2ccccc2n1-c1ccc(-c2cc(-c3nc(-c4ccccc4)nc(-c4ccccc4)n3)cc(-c3nc(-c4ccccc4)nc(-c4ccccc4)n3)c2)cc1. The second-order valence-corrected chi connectivity index (χ2v) is 15.5. The molecule has 0 aliphatic rings. The topological polar surface area (TPSA) is 95.2 Å². The van der Waals surface area contributed by atoms with Gasteiger partial charge in [0.05, 0.1) is 11.0 Å². The summed E-state index contributed by atoms with van der Waals surface area (Å²) in [5.74, 6) is 4.27. The Morgan fingerprint density at radius 1 is 0.297 bits per heavy atom. The zero-order chi connectivity index (χ0) is 42.8. The molecule has 0 unspecified atom stereocenters. The Morgan fingerprint density at radius 2 is 0.672 bits per heavy atom. The average molecular weight is 823 g/mol. The second kappa shape index (κ2) is 16.6. The van der Waals surface area contributed by atoms with Crippen molar-refractivity contribution in [3.8, 4) is 96.5 Å². The predicted octanol–water partition coefficient (Wildman–Crippen LogP) is 13.0. The summed E-state index contributed by atoms with van der Waals surface area (Å²) >= 11 is 0. The molecule has 0 spiro atoms. The van der Waals surface area contributed by atoms with Crippen LogP contribution in [0.15, 0.2) is 212 Å². The van der Waals surface area contributed by atoms with Crippen molar-refractivity contribution in [3.63, 3.8) is 0 Å². The summed E-state index contributed by atoms with van der Waals surface area (Å²) in [6.07, 6.45) is 0. The maximum absolute atomic E-state index is 5.14. The zero-order valence-electron chi connectivity index (χ0n) is 34.8. The minimum atomic E-state index is 0.529. The Hall–Kier alpha value is -8.75. The van der Waals surface area contributed by atoms with Crippen LogP contribution in [0.3, 0.4) is 0 Å². The Kier molecular flexibility index (Phi) is 9.91. The number of nitrogens with zero attached hydrogens (tertiary/aromatic N) is 8. The van der Waals surface area contributed by atoms with Crippen LogP contribution >= 0.6 is 0 Å². The Labute approximate surface area is 370 Å². The summed E-state index contributed by atoms with van der Waals surface area (Å²) < 4.78 is 2.24. The molecule has 11 aromatic rings. The molecule has 0 atom stereocenters. The number of fused-ring (bicyclic) bond motifs is 1. The molecule has 64 heavy (non-hydrogen) atoms. The van der Waals surface area contributed by atoms with Crippen molar-refractivity contribution in [2.24, 2.45) is 0 Å². The quantitative estimate of drug-likeness (QED) is 0.143. The minimum Gasteiger partial charge on any atom is -0.292 e. The summed E-state index contributed by atoms with van der Waals surface area (Å²) in [5, 5.41) is 0. The molecular weight excluding hydrogens is 785 g/mol. The van der Waals surface area contributed by atoms with Gasteiger partial charge in [-0.1, -0.05) is 170 Å². The van der Waals surface area contributed by atoms with Gasteiger partial charge in [0.15, 0.2) is 34.9 Å². The average Bonchev–Trinajstić information content (AvgIpc) is 3.76. The summed E-state index contributed by atoms with van der Waals surface area (Å²) in [5.41, 5.74) is 12.3. The molecule has 0 bridgehead atoms. The highest BCUT2D eigenvalue weighted by atomic mass is 15.1. The highest BCUT2D eigenvalue weighted by Gasteiger charge is 2.19. The Balaban J connectivity index is 1.11. The third kappa shape index (κ3) is 7.50. The molecule has 8 nitrogen and oxygen atoms in total. The summed E-state index contributed by atoms with van der Waals surface area (Å²) in [4.78, 5) is 35.6. The third-order valence-corrected chi connectivity index (χ3v) is 11.3. The van der Waals surface area contributed by atoms with Gasteiger partial charge in [0.1, 0.15) is 5.82 Å². The van der Waals surface area contributed by atoms with E-state index in [4.69, 9.17) is 34.9 Å². The van der Waals surface area contributed by atoms with Crippen molar-refractivity contribution in [2.75, 3.05) is 0 Å². The van der Waals surface area contributed by atoms with E-state index in [2.05, 4.69) is 96.4 Å². The lowest BCUT2D eigenvalue weighted by molar-refractivity contribution is 1.07. The fourth-order valence-electron chi connectivity index (χ4n) is 8.02. The van der Waals surface area contributed by atoms with Gasteiger partial charge in [0, 0.05) is 44.6 Å². The van der Waals surface area contributed by atoms with Crippen LogP contribution in [-0.2, 0) is 0 Å². The first-order valence-electron chi connectivity index (χ1n) is 21.2. The van der Waals surface area contributed by atoms with Crippen LogP contribution in [0.25, 0.3) is 108 Å². The van der Waals surface area contributed by atoms with E-state index < -0.39 is 0 Å². The molecule has 302 valence electrons. The standard InChI is InChI=1S/C56H38N8/c1-37-18-14-15-27-47(37)56-57-48-28-16-17-29-49(48)64(56)46-32-30-38(31-33-46)43-34-44(54-60-50(39-19-6-2-7-20-39)58-51(61-54)40-21-8-3-9-22-40)36-45(35-43)55-62-52(41-23-10-4-11-24-41)59-53(63-55)42-25-12-5-13-26-42/h2-36H,1H3. The van der Waals surface area contributed by atoms with Gasteiger partial charge in [-0.15, -0.1) is 0 Å². The molecule has 8 heteroatoms. The second-order valence-electron chi connectivity index (χ2n) is 15.5. The van der Waals surface area contributed by atoms with Gasteiger partial charge < -0.3 is 0 Å². The maximum Gasteiger partial charge on any atom is 0.164 e. The smallest absolute Gasteiger partial charge is 0.164 e.